The molecule has 33 heavy (non-hydrogen) atoms. The van der Waals surface area contributed by atoms with E-state index in [2.05, 4.69) is 47.5 Å². The first-order valence-corrected chi connectivity index (χ1v) is 12.4. The second-order valence-electron chi connectivity index (χ2n) is 8.94. The molecular weight excluding hydrogens is 434 g/mol. The zero-order valence-electron chi connectivity index (χ0n) is 19.1. The summed E-state index contributed by atoms with van der Waals surface area (Å²) in [5.74, 6) is 0.368. The molecule has 6 nitrogen and oxygen atoms in total. The van der Waals surface area contributed by atoms with Gasteiger partial charge in [0.2, 0.25) is 5.91 Å². The third-order valence-corrected chi connectivity index (χ3v) is 7.86. The number of benzene rings is 1. The molecule has 1 fully saturated rings. The summed E-state index contributed by atoms with van der Waals surface area (Å²) in [5.41, 5.74) is 3.85. The maximum absolute atomic E-state index is 13.4. The highest BCUT2D eigenvalue weighted by Crippen LogP contribution is 2.38. The van der Waals surface area contributed by atoms with Crippen LogP contribution in [-0.4, -0.2) is 65.3 Å². The van der Waals surface area contributed by atoms with E-state index in [1.807, 2.05) is 23.2 Å². The van der Waals surface area contributed by atoms with Gasteiger partial charge in [0.25, 0.3) is 5.91 Å². The molecule has 172 valence electrons. The quantitative estimate of drug-likeness (QED) is 0.588. The predicted octanol–water partition coefficient (Wildman–Crippen LogP) is 3.97. The van der Waals surface area contributed by atoms with Gasteiger partial charge in [-0.1, -0.05) is 24.3 Å². The fourth-order valence-corrected chi connectivity index (χ4v) is 6.00. The molecule has 1 aromatic carbocycles. The third-order valence-electron chi connectivity index (χ3n) is 6.86. The normalized spacial score (nSPS) is 21.2. The molecule has 2 amide bonds. The van der Waals surface area contributed by atoms with Crippen molar-refractivity contribution < 1.29 is 14.0 Å². The highest BCUT2D eigenvalue weighted by atomic mass is 32.1. The summed E-state index contributed by atoms with van der Waals surface area (Å²) in [6, 6.07) is 14.2. The smallest absolute Gasteiger partial charge is 0.289 e. The van der Waals surface area contributed by atoms with E-state index in [1.54, 1.807) is 17.0 Å². The molecule has 0 N–H and O–H groups in total. The minimum Gasteiger partial charge on any atom is -0.459 e. The Labute approximate surface area is 198 Å². The number of aryl methyl sites for hydroxylation is 1. The second kappa shape index (κ2) is 9.15. The van der Waals surface area contributed by atoms with E-state index >= 15 is 0 Å². The topological polar surface area (TPSA) is 57.0 Å². The molecule has 1 saturated heterocycles. The molecule has 0 radical (unpaired) electrons. The van der Waals surface area contributed by atoms with E-state index in [-0.39, 0.29) is 23.9 Å². The molecule has 5 rings (SSSR count). The van der Waals surface area contributed by atoms with Crippen LogP contribution in [0.15, 0.2) is 58.5 Å². The van der Waals surface area contributed by atoms with Crippen LogP contribution in [0.25, 0.3) is 0 Å². The van der Waals surface area contributed by atoms with Crippen LogP contribution < -0.4 is 0 Å². The van der Waals surface area contributed by atoms with Crippen molar-refractivity contribution in [1.82, 2.24) is 14.7 Å². The lowest BCUT2D eigenvalue weighted by Gasteiger charge is -2.41. The zero-order chi connectivity index (χ0) is 22.9. The Morgan fingerprint density at radius 2 is 1.91 bits per heavy atom. The van der Waals surface area contributed by atoms with Crippen LogP contribution in [0.5, 0.6) is 0 Å². The monoisotopic (exact) mass is 463 g/mol. The van der Waals surface area contributed by atoms with Crippen LogP contribution in [0.1, 0.15) is 45.1 Å². The largest absolute Gasteiger partial charge is 0.459 e. The summed E-state index contributed by atoms with van der Waals surface area (Å²) < 4.78 is 5.28. The first-order chi connectivity index (χ1) is 16.0. The van der Waals surface area contributed by atoms with Gasteiger partial charge in [-0.25, -0.2) is 0 Å². The van der Waals surface area contributed by atoms with E-state index < -0.39 is 0 Å². The SMILES string of the molecule is Cc1ccccc1[C@@H]1c2ccsc2CCN1CC(=O)N1CCN(C(=O)c2ccco2)[C@@H](C)C1. The summed E-state index contributed by atoms with van der Waals surface area (Å²) in [6.45, 7) is 6.99. The Morgan fingerprint density at radius 1 is 1.06 bits per heavy atom. The summed E-state index contributed by atoms with van der Waals surface area (Å²) in [4.78, 5) is 33.6. The molecule has 0 spiro atoms. The minimum absolute atomic E-state index is 0.0581. The number of carbonyl (C=O) groups is 2. The van der Waals surface area contributed by atoms with E-state index in [0.29, 0.717) is 31.9 Å². The first kappa shape index (κ1) is 21.9. The van der Waals surface area contributed by atoms with Crippen molar-refractivity contribution in [1.29, 1.82) is 0 Å². The van der Waals surface area contributed by atoms with Crippen molar-refractivity contribution in [2.45, 2.75) is 32.4 Å². The molecule has 2 aromatic heterocycles. The molecule has 3 aromatic rings. The van der Waals surface area contributed by atoms with Gasteiger partial charge in [0.1, 0.15) is 0 Å². The lowest BCUT2D eigenvalue weighted by molar-refractivity contribution is -0.135. The van der Waals surface area contributed by atoms with Gasteiger partial charge in [-0.2, -0.15) is 0 Å². The van der Waals surface area contributed by atoms with Gasteiger partial charge in [0, 0.05) is 37.1 Å². The van der Waals surface area contributed by atoms with E-state index in [4.69, 9.17) is 4.42 Å². The maximum Gasteiger partial charge on any atom is 0.289 e. The molecule has 2 atom stereocenters. The Morgan fingerprint density at radius 3 is 2.67 bits per heavy atom. The fraction of sp³-hybridized carbons (Fsp3) is 0.385. The molecule has 0 aliphatic carbocycles. The average molecular weight is 464 g/mol. The average Bonchev–Trinajstić information content (AvgIpc) is 3.51. The van der Waals surface area contributed by atoms with Crippen LogP contribution in [0.3, 0.4) is 0 Å². The molecule has 4 heterocycles. The van der Waals surface area contributed by atoms with Gasteiger partial charge in [0.05, 0.1) is 18.8 Å². The van der Waals surface area contributed by atoms with Crippen molar-refractivity contribution in [2.75, 3.05) is 32.7 Å². The Balaban J connectivity index is 1.30. The number of thiophene rings is 1. The number of amides is 2. The molecular formula is C26H29N3O3S. The van der Waals surface area contributed by atoms with Gasteiger partial charge in [-0.3, -0.25) is 14.5 Å². The van der Waals surface area contributed by atoms with Crippen LogP contribution in [0.4, 0.5) is 0 Å². The van der Waals surface area contributed by atoms with Crippen LogP contribution >= 0.6 is 11.3 Å². The van der Waals surface area contributed by atoms with Crippen molar-refractivity contribution in [3.05, 3.63) is 81.4 Å². The van der Waals surface area contributed by atoms with Crippen molar-refractivity contribution in [2.24, 2.45) is 0 Å². The molecule has 0 saturated carbocycles. The van der Waals surface area contributed by atoms with Crippen LogP contribution in [0.2, 0.25) is 0 Å². The van der Waals surface area contributed by atoms with Crippen molar-refractivity contribution in [3.8, 4) is 0 Å². The van der Waals surface area contributed by atoms with Gasteiger partial charge >= 0.3 is 0 Å². The standard InChI is InChI=1S/C26H29N3O3S/c1-18-6-3-4-7-20(18)25-21-10-15-33-23(21)9-11-28(25)17-24(30)27-12-13-29(19(2)16-27)26(31)22-8-5-14-32-22/h3-8,10,14-15,19,25H,9,11-13,16-17H2,1-2H3/t19-,25+/m0/s1. The fourth-order valence-electron chi connectivity index (χ4n) is 5.10. The maximum atomic E-state index is 13.4. The van der Waals surface area contributed by atoms with Crippen molar-refractivity contribution in [3.63, 3.8) is 0 Å². The minimum atomic E-state index is -0.111. The second-order valence-corrected chi connectivity index (χ2v) is 9.94. The van der Waals surface area contributed by atoms with E-state index in [0.717, 1.165) is 13.0 Å². The van der Waals surface area contributed by atoms with Gasteiger partial charge < -0.3 is 14.2 Å². The van der Waals surface area contributed by atoms with Gasteiger partial charge in [-0.05, 0) is 60.5 Å². The number of fused-ring (bicyclic) bond motifs is 1. The highest BCUT2D eigenvalue weighted by molar-refractivity contribution is 7.10. The first-order valence-electron chi connectivity index (χ1n) is 11.5. The molecule has 0 bridgehead atoms. The lowest BCUT2D eigenvalue weighted by atomic mass is 9.90. The van der Waals surface area contributed by atoms with Gasteiger partial charge in [0.15, 0.2) is 5.76 Å². The van der Waals surface area contributed by atoms with E-state index in [9.17, 15) is 9.59 Å². The molecule has 2 aliphatic rings. The predicted molar refractivity (Wildman–Crippen MR) is 128 cm³/mol. The molecule has 7 heteroatoms. The lowest BCUT2D eigenvalue weighted by Crippen LogP contribution is -2.57. The number of carbonyl (C=O) groups excluding carboxylic acids is 2. The Kier molecular flexibility index (Phi) is 6.08. The molecule has 0 unspecified atom stereocenters. The Hall–Kier alpha value is -2.90. The van der Waals surface area contributed by atoms with Crippen molar-refractivity contribution >= 4 is 23.2 Å². The van der Waals surface area contributed by atoms with Crippen LogP contribution in [-0.2, 0) is 11.2 Å². The molecule has 2 aliphatic heterocycles. The number of rotatable bonds is 4. The zero-order valence-corrected chi connectivity index (χ0v) is 19.9. The Bertz CT molecular complexity index is 1140. The third kappa shape index (κ3) is 4.23. The van der Waals surface area contributed by atoms with Crippen LogP contribution in [0, 0.1) is 6.92 Å². The van der Waals surface area contributed by atoms with E-state index in [1.165, 1.54) is 27.8 Å². The number of hydrogen-bond donors (Lipinski definition) is 0. The summed E-state index contributed by atoms with van der Waals surface area (Å²) in [6.07, 6.45) is 2.49. The number of piperazine rings is 1. The summed E-state index contributed by atoms with van der Waals surface area (Å²) >= 11 is 1.81. The van der Waals surface area contributed by atoms with Gasteiger partial charge in [-0.15, -0.1) is 11.3 Å². The summed E-state index contributed by atoms with van der Waals surface area (Å²) in [5, 5.41) is 2.16. The highest BCUT2D eigenvalue weighted by Gasteiger charge is 2.35. The summed E-state index contributed by atoms with van der Waals surface area (Å²) in [7, 11) is 0. The number of hydrogen-bond acceptors (Lipinski definition) is 5. The number of furan rings is 1. The number of nitrogens with zero attached hydrogens (tertiary/aromatic N) is 3.